The van der Waals surface area contributed by atoms with Gasteiger partial charge in [0.2, 0.25) is 0 Å². The minimum atomic E-state index is 0.173. The summed E-state index contributed by atoms with van der Waals surface area (Å²) in [5.41, 5.74) is 1.78. The van der Waals surface area contributed by atoms with Gasteiger partial charge in [0.15, 0.2) is 17.3 Å². The second kappa shape index (κ2) is 3.85. The molecule has 0 unspecified atom stereocenters. The zero-order valence-corrected chi connectivity index (χ0v) is 10.2. The van der Waals surface area contributed by atoms with Crippen LogP contribution in [0.1, 0.15) is 22.3 Å². The van der Waals surface area contributed by atoms with Gasteiger partial charge in [-0.1, -0.05) is 0 Å². The minimum absolute atomic E-state index is 0.173. The number of rotatable bonds is 2. The molecule has 3 nitrogen and oxygen atoms in total. The van der Waals surface area contributed by atoms with Crippen molar-refractivity contribution in [1.29, 1.82) is 0 Å². The van der Waals surface area contributed by atoms with E-state index in [1.165, 1.54) is 0 Å². The van der Waals surface area contributed by atoms with Crippen molar-refractivity contribution in [1.82, 2.24) is 0 Å². The molecule has 0 bridgehead atoms. The molecule has 4 heteroatoms. The molecule has 0 fully saturated rings. The average Bonchev–Trinajstić information content (AvgIpc) is 2.60. The van der Waals surface area contributed by atoms with Gasteiger partial charge < -0.3 is 9.47 Å². The van der Waals surface area contributed by atoms with Crippen LogP contribution < -0.4 is 9.47 Å². The maximum atomic E-state index is 11.6. The van der Waals surface area contributed by atoms with Gasteiger partial charge in [-0.25, -0.2) is 0 Å². The lowest BCUT2D eigenvalue weighted by atomic mass is 10.1. The number of benzene rings is 1. The number of ketones is 1. The first-order valence-corrected chi connectivity index (χ1v) is 5.45. The number of halogens is 1. The maximum absolute atomic E-state index is 11.6. The maximum Gasteiger partial charge on any atom is 0.175 e. The summed E-state index contributed by atoms with van der Waals surface area (Å²) in [7, 11) is 3.15. The molecule has 1 aliphatic rings. The van der Waals surface area contributed by atoms with Crippen LogP contribution in [0.15, 0.2) is 10.5 Å². The Morgan fingerprint density at radius 2 is 2.00 bits per heavy atom. The van der Waals surface area contributed by atoms with E-state index in [0.29, 0.717) is 17.9 Å². The Balaban J connectivity index is 2.67. The Hall–Kier alpha value is -1.03. The van der Waals surface area contributed by atoms with Gasteiger partial charge in [-0.2, -0.15) is 0 Å². The predicted octanol–water partition coefficient (Wildman–Crippen LogP) is 2.60. The first-order chi connectivity index (χ1) is 7.19. The summed E-state index contributed by atoms with van der Waals surface area (Å²) in [6, 6.07) is 1.76. The quantitative estimate of drug-likeness (QED) is 0.829. The van der Waals surface area contributed by atoms with Gasteiger partial charge in [-0.15, -0.1) is 0 Å². The Morgan fingerprint density at radius 3 is 2.60 bits per heavy atom. The number of Topliss-reactive ketones (excluding diaryl/α,β-unsaturated/α-hetero) is 1. The summed E-state index contributed by atoms with van der Waals surface area (Å²) < 4.78 is 11.3. The molecule has 80 valence electrons. The molecule has 0 saturated heterocycles. The molecule has 0 heterocycles. The van der Waals surface area contributed by atoms with Crippen LogP contribution >= 0.6 is 15.9 Å². The van der Waals surface area contributed by atoms with Crippen LogP contribution in [0.2, 0.25) is 0 Å². The van der Waals surface area contributed by atoms with Crippen LogP contribution in [0.25, 0.3) is 0 Å². The minimum Gasteiger partial charge on any atom is -0.493 e. The molecular weight excluding hydrogens is 260 g/mol. The van der Waals surface area contributed by atoms with E-state index in [1.807, 2.05) is 0 Å². The second-order valence-electron chi connectivity index (χ2n) is 3.38. The van der Waals surface area contributed by atoms with E-state index in [4.69, 9.17) is 9.47 Å². The number of carbonyl (C=O) groups excluding carboxylic acids is 1. The number of ether oxygens (including phenoxy) is 2. The molecule has 0 radical (unpaired) electrons. The number of hydrogen-bond acceptors (Lipinski definition) is 3. The fourth-order valence-corrected chi connectivity index (χ4v) is 2.62. The zero-order chi connectivity index (χ0) is 11.0. The number of hydrogen-bond donors (Lipinski definition) is 0. The van der Waals surface area contributed by atoms with Gasteiger partial charge >= 0.3 is 0 Å². The van der Waals surface area contributed by atoms with Gasteiger partial charge in [0.1, 0.15) is 0 Å². The van der Waals surface area contributed by atoms with Crippen molar-refractivity contribution < 1.29 is 14.3 Å². The molecule has 0 amide bonds. The monoisotopic (exact) mass is 270 g/mol. The first-order valence-electron chi connectivity index (χ1n) is 4.65. The molecular formula is C11H11BrO3. The fraction of sp³-hybridized carbons (Fsp3) is 0.364. The largest absolute Gasteiger partial charge is 0.493 e. The molecule has 15 heavy (non-hydrogen) atoms. The molecule has 0 aliphatic heterocycles. The summed E-state index contributed by atoms with van der Waals surface area (Å²) >= 11 is 3.45. The van der Waals surface area contributed by atoms with E-state index in [0.717, 1.165) is 22.0 Å². The van der Waals surface area contributed by atoms with Crippen molar-refractivity contribution in [2.45, 2.75) is 12.8 Å². The highest BCUT2D eigenvalue weighted by atomic mass is 79.9. The van der Waals surface area contributed by atoms with Crippen LogP contribution in [0.5, 0.6) is 11.5 Å². The second-order valence-corrected chi connectivity index (χ2v) is 4.17. The summed E-state index contributed by atoms with van der Waals surface area (Å²) in [5.74, 6) is 1.43. The molecule has 0 N–H and O–H groups in total. The SMILES string of the molecule is COc1cc2c(c(Br)c1OC)CCC2=O. The molecule has 0 saturated carbocycles. The van der Waals surface area contributed by atoms with Crippen molar-refractivity contribution >= 4 is 21.7 Å². The topological polar surface area (TPSA) is 35.5 Å². The van der Waals surface area contributed by atoms with Crippen molar-refractivity contribution in [3.05, 3.63) is 21.7 Å². The van der Waals surface area contributed by atoms with Crippen LogP contribution in [-0.4, -0.2) is 20.0 Å². The molecule has 1 aromatic rings. The number of fused-ring (bicyclic) bond motifs is 1. The van der Waals surface area contributed by atoms with E-state index >= 15 is 0 Å². The summed E-state index contributed by atoms with van der Waals surface area (Å²) in [4.78, 5) is 11.6. The normalized spacial score (nSPS) is 13.9. The van der Waals surface area contributed by atoms with Crippen LogP contribution in [0.4, 0.5) is 0 Å². The highest BCUT2D eigenvalue weighted by Gasteiger charge is 2.26. The standard InChI is InChI=1S/C11H11BrO3/c1-14-9-5-7-6(3-4-8(7)13)10(12)11(9)15-2/h5H,3-4H2,1-2H3. The summed E-state index contributed by atoms with van der Waals surface area (Å²) in [6.07, 6.45) is 1.35. The zero-order valence-electron chi connectivity index (χ0n) is 8.59. The van der Waals surface area contributed by atoms with Crippen molar-refractivity contribution in [3.63, 3.8) is 0 Å². The third kappa shape index (κ3) is 1.53. The van der Waals surface area contributed by atoms with Crippen LogP contribution in [0, 0.1) is 0 Å². The average molecular weight is 271 g/mol. The fourth-order valence-electron chi connectivity index (χ4n) is 1.86. The lowest BCUT2D eigenvalue weighted by molar-refractivity contribution is 0.0994. The van der Waals surface area contributed by atoms with E-state index < -0.39 is 0 Å². The van der Waals surface area contributed by atoms with Crippen LogP contribution in [-0.2, 0) is 6.42 Å². The van der Waals surface area contributed by atoms with E-state index in [1.54, 1.807) is 20.3 Å². The third-order valence-corrected chi connectivity index (χ3v) is 3.45. The van der Waals surface area contributed by atoms with Crippen LogP contribution in [0.3, 0.4) is 0 Å². The van der Waals surface area contributed by atoms with Crippen molar-refractivity contribution in [3.8, 4) is 11.5 Å². The smallest absolute Gasteiger partial charge is 0.175 e. The molecule has 1 aliphatic carbocycles. The third-order valence-electron chi connectivity index (χ3n) is 2.62. The predicted molar refractivity (Wildman–Crippen MR) is 59.9 cm³/mol. The van der Waals surface area contributed by atoms with Gasteiger partial charge in [-0.05, 0) is 34.0 Å². The highest BCUT2D eigenvalue weighted by molar-refractivity contribution is 9.10. The Morgan fingerprint density at radius 1 is 1.27 bits per heavy atom. The molecule has 0 aromatic heterocycles. The van der Waals surface area contributed by atoms with Gasteiger partial charge in [0.25, 0.3) is 0 Å². The van der Waals surface area contributed by atoms with Crippen molar-refractivity contribution in [2.75, 3.05) is 14.2 Å². The van der Waals surface area contributed by atoms with Gasteiger partial charge in [0.05, 0.1) is 18.7 Å². The molecule has 0 spiro atoms. The van der Waals surface area contributed by atoms with E-state index in [2.05, 4.69) is 15.9 Å². The lowest BCUT2D eigenvalue weighted by Crippen LogP contribution is -1.98. The highest BCUT2D eigenvalue weighted by Crippen LogP contribution is 2.42. The lowest BCUT2D eigenvalue weighted by Gasteiger charge is -2.12. The molecule has 0 atom stereocenters. The van der Waals surface area contributed by atoms with Gasteiger partial charge in [-0.3, -0.25) is 4.79 Å². The molecule has 2 rings (SSSR count). The van der Waals surface area contributed by atoms with Crippen molar-refractivity contribution in [2.24, 2.45) is 0 Å². The molecule has 1 aromatic carbocycles. The Bertz CT molecular complexity index is 426. The summed E-state index contributed by atoms with van der Waals surface area (Å²) in [6.45, 7) is 0. The Labute approximate surface area is 96.5 Å². The first kappa shape index (κ1) is 10.5. The Kier molecular flexibility index (Phi) is 2.69. The summed E-state index contributed by atoms with van der Waals surface area (Å²) in [5, 5.41) is 0. The van der Waals surface area contributed by atoms with E-state index in [9.17, 15) is 4.79 Å². The van der Waals surface area contributed by atoms with E-state index in [-0.39, 0.29) is 5.78 Å². The van der Waals surface area contributed by atoms with Gasteiger partial charge in [0, 0.05) is 12.0 Å². The number of carbonyl (C=O) groups is 1. The number of methoxy groups -OCH3 is 2.